The van der Waals surface area contributed by atoms with E-state index in [9.17, 15) is 19.3 Å². The molecular weight excluding hydrogens is 455 g/mol. The first-order valence-corrected chi connectivity index (χ1v) is 10.4. The van der Waals surface area contributed by atoms with Crippen LogP contribution in [0.3, 0.4) is 0 Å². The van der Waals surface area contributed by atoms with Gasteiger partial charge in [-0.1, -0.05) is 6.07 Å². The van der Waals surface area contributed by atoms with E-state index in [-0.39, 0.29) is 17.1 Å². The van der Waals surface area contributed by atoms with Crippen molar-refractivity contribution < 1.29 is 14.1 Å². The quantitative estimate of drug-likeness (QED) is 0.303. The molecule has 5 aromatic rings. The second-order valence-electron chi connectivity index (χ2n) is 7.76. The summed E-state index contributed by atoms with van der Waals surface area (Å²) in [5.41, 5.74) is 2.11. The maximum Gasteiger partial charge on any atom is 0.273 e. The Hall–Kier alpha value is -5.00. The molecule has 0 fully saturated rings. The van der Waals surface area contributed by atoms with Crippen LogP contribution in [0.1, 0.15) is 21.6 Å². The standard InChI is InChI=1S/C23H17FN8O3/c1-13-3-4-15(10-19(13)32(34)35)23(33)28-20-9-14(2)29-31(20)22-18-11-27-30(21(18)25-12-26-22)17-7-5-16(24)6-8-17/h3-12H,1-2H3,(H,28,33). The van der Waals surface area contributed by atoms with E-state index in [0.717, 1.165) is 0 Å². The Morgan fingerprint density at radius 3 is 2.57 bits per heavy atom. The molecule has 1 N–H and O–H groups in total. The third-order valence-electron chi connectivity index (χ3n) is 5.36. The van der Waals surface area contributed by atoms with Gasteiger partial charge in [0.2, 0.25) is 0 Å². The first-order chi connectivity index (χ1) is 16.8. The normalized spacial score (nSPS) is 11.1. The van der Waals surface area contributed by atoms with E-state index in [1.807, 2.05) is 0 Å². The molecule has 12 heteroatoms. The van der Waals surface area contributed by atoms with Gasteiger partial charge >= 0.3 is 0 Å². The van der Waals surface area contributed by atoms with Crippen LogP contribution in [0.25, 0.3) is 22.5 Å². The van der Waals surface area contributed by atoms with Crippen LogP contribution in [-0.4, -0.2) is 40.4 Å². The number of rotatable bonds is 5. The summed E-state index contributed by atoms with van der Waals surface area (Å²) in [6.07, 6.45) is 2.89. The van der Waals surface area contributed by atoms with Crippen molar-refractivity contribution in [3.05, 3.63) is 93.8 Å². The average Bonchev–Trinajstić information content (AvgIpc) is 3.43. The van der Waals surface area contributed by atoms with Gasteiger partial charge in [0.05, 0.1) is 27.9 Å². The van der Waals surface area contributed by atoms with Gasteiger partial charge in [0.1, 0.15) is 18.0 Å². The van der Waals surface area contributed by atoms with Gasteiger partial charge in [0, 0.05) is 23.3 Å². The summed E-state index contributed by atoms with van der Waals surface area (Å²) in [7, 11) is 0. The maximum atomic E-state index is 13.3. The molecule has 174 valence electrons. The number of carbonyl (C=O) groups excluding carboxylic acids is 1. The zero-order valence-electron chi connectivity index (χ0n) is 18.5. The van der Waals surface area contributed by atoms with E-state index in [4.69, 9.17) is 0 Å². The van der Waals surface area contributed by atoms with E-state index in [0.29, 0.717) is 39.6 Å². The molecule has 3 heterocycles. The lowest BCUT2D eigenvalue weighted by Gasteiger charge is -2.09. The number of aromatic nitrogens is 6. The molecule has 0 aliphatic rings. The molecule has 0 saturated heterocycles. The molecule has 0 radical (unpaired) electrons. The zero-order chi connectivity index (χ0) is 24.7. The summed E-state index contributed by atoms with van der Waals surface area (Å²) in [6, 6.07) is 11.7. The van der Waals surface area contributed by atoms with E-state index in [2.05, 4.69) is 25.5 Å². The molecule has 35 heavy (non-hydrogen) atoms. The monoisotopic (exact) mass is 472 g/mol. The Labute approximate surface area is 197 Å². The lowest BCUT2D eigenvalue weighted by atomic mass is 10.1. The van der Waals surface area contributed by atoms with E-state index in [1.54, 1.807) is 42.9 Å². The highest BCUT2D eigenvalue weighted by atomic mass is 19.1. The van der Waals surface area contributed by atoms with Crippen LogP contribution in [-0.2, 0) is 0 Å². The summed E-state index contributed by atoms with van der Waals surface area (Å²) in [4.78, 5) is 32.3. The molecule has 11 nitrogen and oxygen atoms in total. The van der Waals surface area contributed by atoms with E-state index >= 15 is 0 Å². The van der Waals surface area contributed by atoms with Crippen LogP contribution in [0.5, 0.6) is 0 Å². The topological polar surface area (TPSA) is 134 Å². The highest BCUT2D eigenvalue weighted by Crippen LogP contribution is 2.25. The third kappa shape index (κ3) is 3.97. The fraction of sp³-hybridized carbons (Fsp3) is 0.0870. The molecule has 0 spiro atoms. The van der Waals surface area contributed by atoms with Crippen molar-refractivity contribution in [1.29, 1.82) is 0 Å². The summed E-state index contributed by atoms with van der Waals surface area (Å²) in [5, 5.41) is 23.4. The molecule has 2 aromatic carbocycles. The van der Waals surface area contributed by atoms with E-state index < -0.39 is 10.8 Å². The number of carbonyl (C=O) groups is 1. The van der Waals surface area contributed by atoms with Crippen molar-refractivity contribution in [2.75, 3.05) is 5.32 Å². The number of hydrogen-bond acceptors (Lipinski definition) is 7. The smallest absolute Gasteiger partial charge is 0.273 e. The minimum atomic E-state index is -0.540. The number of amides is 1. The predicted molar refractivity (Wildman–Crippen MR) is 124 cm³/mol. The van der Waals surface area contributed by atoms with Crippen molar-refractivity contribution in [3.63, 3.8) is 0 Å². The van der Waals surface area contributed by atoms with Gasteiger partial charge in [0.15, 0.2) is 11.5 Å². The number of anilines is 1. The highest BCUT2D eigenvalue weighted by Gasteiger charge is 2.20. The first kappa shape index (κ1) is 21.8. The second-order valence-corrected chi connectivity index (χ2v) is 7.76. The number of nitro benzene ring substituents is 1. The molecule has 3 aromatic heterocycles. The number of hydrogen-bond donors (Lipinski definition) is 1. The Morgan fingerprint density at radius 1 is 1.06 bits per heavy atom. The number of fused-ring (bicyclic) bond motifs is 1. The van der Waals surface area contributed by atoms with Gasteiger partial charge in [-0.15, -0.1) is 0 Å². The Morgan fingerprint density at radius 2 is 1.83 bits per heavy atom. The summed E-state index contributed by atoms with van der Waals surface area (Å²) < 4.78 is 16.3. The number of aryl methyl sites for hydroxylation is 2. The Balaban J connectivity index is 1.54. The van der Waals surface area contributed by atoms with E-state index in [1.165, 1.54) is 41.3 Å². The molecule has 0 bridgehead atoms. The minimum Gasteiger partial charge on any atom is -0.306 e. The number of halogens is 1. The van der Waals surface area contributed by atoms with Gasteiger partial charge < -0.3 is 5.32 Å². The molecule has 0 aliphatic heterocycles. The number of nitrogens with zero attached hydrogens (tertiary/aromatic N) is 7. The number of nitro groups is 1. The van der Waals surface area contributed by atoms with Crippen LogP contribution in [0, 0.1) is 29.8 Å². The van der Waals surface area contributed by atoms with Gasteiger partial charge in [-0.05, 0) is 44.2 Å². The minimum absolute atomic E-state index is 0.129. The van der Waals surface area contributed by atoms with Crippen LogP contribution >= 0.6 is 0 Å². The highest BCUT2D eigenvalue weighted by molar-refractivity contribution is 6.04. The second kappa shape index (κ2) is 8.41. The van der Waals surface area contributed by atoms with Gasteiger partial charge in [0.25, 0.3) is 11.6 Å². The number of benzene rings is 2. The molecule has 5 rings (SSSR count). The lowest BCUT2D eigenvalue weighted by Crippen LogP contribution is -2.16. The fourth-order valence-corrected chi connectivity index (χ4v) is 3.66. The predicted octanol–water partition coefficient (Wildman–Crippen LogP) is 3.92. The molecule has 0 atom stereocenters. The van der Waals surface area contributed by atoms with Gasteiger partial charge in [-0.3, -0.25) is 14.9 Å². The number of nitrogens with one attached hydrogen (secondary N) is 1. The summed E-state index contributed by atoms with van der Waals surface area (Å²) in [6.45, 7) is 3.36. The van der Waals surface area contributed by atoms with Crippen LogP contribution in [0.4, 0.5) is 15.9 Å². The van der Waals surface area contributed by atoms with Crippen molar-refractivity contribution in [2.24, 2.45) is 0 Å². The van der Waals surface area contributed by atoms with Crippen molar-refractivity contribution in [2.45, 2.75) is 13.8 Å². The van der Waals surface area contributed by atoms with Crippen LogP contribution in [0.2, 0.25) is 0 Å². The zero-order valence-corrected chi connectivity index (χ0v) is 18.5. The van der Waals surface area contributed by atoms with Gasteiger partial charge in [-0.2, -0.15) is 14.9 Å². The van der Waals surface area contributed by atoms with Crippen LogP contribution in [0.15, 0.2) is 61.1 Å². The maximum absolute atomic E-state index is 13.3. The van der Waals surface area contributed by atoms with Crippen LogP contribution < -0.4 is 5.32 Å². The first-order valence-electron chi connectivity index (χ1n) is 10.4. The molecular formula is C23H17FN8O3. The SMILES string of the molecule is Cc1cc(NC(=O)c2ccc(C)c([N+](=O)[O-])c2)n(-c2ncnc3c2cnn3-c2ccc(F)cc2)n1. The van der Waals surface area contributed by atoms with Crippen molar-refractivity contribution in [1.82, 2.24) is 29.5 Å². The molecule has 1 amide bonds. The Bertz CT molecular complexity index is 1610. The lowest BCUT2D eigenvalue weighted by molar-refractivity contribution is -0.385. The molecule has 0 unspecified atom stereocenters. The fourth-order valence-electron chi connectivity index (χ4n) is 3.66. The Kier molecular flexibility index (Phi) is 5.24. The largest absolute Gasteiger partial charge is 0.306 e. The van der Waals surface area contributed by atoms with Crippen molar-refractivity contribution in [3.8, 4) is 11.5 Å². The average molecular weight is 472 g/mol. The summed E-state index contributed by atoms with van der Waals surface area (Å²) >= 11 is 0. The molecule has 0 aliphatic carbocycles. The van der Waals surface area contributed by atoms with Crippen molar-refractivity contribution >= 4 is 28.4 Å². The summed E-state index contributed by atoms with van der Waals surface area (Å²) in [5.74, 6) is -0.236. The van der Waals surface area contributed by atoms with Gasteiger partial charge in [-0.25, -0.2) is 19.0 Å². The third-order valence-corrected chi connectivity index (χ3v) is 5.36. The molecule has 0 saturated carbocycles.